The van der Waals surface area contributed by atoms with E-state index in [1.807, 2.05) is 54.0 Å². The van der Waals surface area contributed by atoms with Crippen LogP contribution in [0, 0.1) is 0 Å². The Morgan fingerprint density at radius 3 is 2.70 bits per heavy atom. The molecule has 7 heteroatoms. The predicted molar refractivity (Wildman–Crippen MR) is 121 cm³/mol. The number of aromatic nitrogens is 3. The van der Waals surface area contributed by atoms with Gasteiger partial charge in [0.05, 0.1) is 17.9 Å². The zero-order valence-electron chi connectivity index (χ0n) is 17.1. The van der Waals surface area contributed by atoms with E-state index in [4.69, 9.17) is 4.74 Å². The molecule has 2 aromatic carbocycles. The zero-order chi connectivity index (χ0) is 21.2. The molecule has 3 aromatic rings. The number of carbonyl (C=O) groups excluding carboxylic acids is 1. The van der Waals surface area contributed by atoms with Crippen molar-refractivity contribution in [1.82, 2.24) is 20.1 Å². The number of thioether (sulfide) groups is 1. The van der Waals surface area contributed by atoms with Gasteiger partial charge in [0.25, 0.3) is 0 Å². The van der Waals surface area contributed by atoms with E-state index >= 15 is 0 Å². The third kappa shape index (κ3) is 5.73. The maximum atomic E-state index is 12.3. The monoisotopic (exact) mass is 422 g/mol. The van der Waals surface area contributed by atoms with Crippen LogP contribution < -0.4 is 10.1 Å². The van der Waals surface area contributed by atoms with E-state index in [-0.39, 0.29) is 11.7 Å². The number of ether oxygens (including phenoxy) is 1. The summed E-state index contributed by atoms with van der Waals surface area (Å²) in [5.41, 5.74) is 2.07. The van der Waals surface area contributed by atoms with Crippen LogP contribution in [0.3, 0.4) is 0 Å². The van der Waals surface area contributed by atoms with Crippen molar-refractivity contribution >= 4 is 17.7 Å². The Labute approximate surface area is 181 Å². The van der Waals surface area contributed by atoms with Crippen LogP contribution in [0.25, 0.3) is 11.4 Å². The molecule has 1 N–H and O–H groups in total. The minimum atomic E-state index is -0.0275. The Kier molecular flexibility index (Phi) is 8.09. The molecular formula is C23H26N4O2S. The van der Waals surface area contributed by atoms with Gasteiger partial charge in [0.2, 0.25) is 5.91 Å². The smallest absolute Gasteiger partial charge is 0.230 e. The molecular weight excluding hydrogens is 396 g/mol. The second-order valence-corrected chi connectivity index (χ2v) is 7.45. The van der Waals surface area contributed by atoms with Gasteiger partial charge in [-0.15, -0.1) is 16.8 Å². The number of rotatable bonds is 11. The Morgan fingerprint density at radius 1 is 1.17 bits per heavy atom. The predicted octanol–water partition coefficient (Wildman–Crippen LogP) is 3.98. The van der Waals surface area contributed by atoms with Gasteiger partial charge in [-0.2, -0.15) is 0 Å². The number of hydrogen-bond acceptors (Lipinski definition) is 5. The number of hydrogen-bond donors (Lipinski definition) is 1. The standard InChI is InChI=1S/C23H26N4O2S/c1-3-16-27-22(19-12-8-9-13-20(19)29-4-2)25-26-23(27)30-17-21(28)24-15-14-18-10-6-5-7-11-18/h3,5-13H,1,4,14-17H2,2H3,(H,24,28). The second-order valence-electron chi connectivity index (χ2n) is 6.51. The molecule has 0 aliphatic heterocycles. The maximum Gasteiger partial charge on any atom is 0.230 e. The maximum absolute atomic E-state index is 12.3. The van der Waals surface area contributed by atoms with Crippen LogP contribution in [0.5, 0.6) is 5.75 Å². The van der Waals surface area contributed by atoms with Crippen LogP contribution in [0.4, 0.5) is 0 Å². The molecule has 30 heavy (non-hydrogen) atoms. The first-order chi connectivity index (χ1) is 14.7. The van der Waals surface area contributed by atoms with Crippen LogP contribution in [-0.4, -0.2) is 39.6 Å². The number of carbonyl (C=O) groups is 1. The quantitative estimate of drug-likeness (QED) is 0.374. The first-order valence-corrected chi connectivity index (χ1v) is 10.9. The van der Waals surface area contributed by atoms with E-state index in [0.29, 0.717) is 30.7 Å². The van der Waals surface area contributed by atoms with E-state index in [9.17, 15) is 4.79 Å². The summed E-state index contributed by atoms with van der Waals surface area (Å²) in [5.74, 6) is 1.70. The summed E-state index contributed by atoms with van der Waals surface area (Å²) < 4.78 is 7.69. The Morgan fingerprint density at radius 2 is 1.93 bits per heavy atom. The number of amides is 1. The van der Waals surface area contributed by atoms with Crippen LogP contribution in [0.2, 0.25) is 0 Å². The fraction of sp³-hybridized carbons (Fsp3) is 0.261. The van der Waals surface area contributed by atoms with Crippen LogP contribution in [0.15, 0.2) is 72.4 Å². The number of allylic oxidation sites excluding steroid dienone is 1. The van der Waals surface area contributed by atoms with Gasteiger partial charge >= 0.3 is 0 Å². The summed E-state index contributed by atoms with van der Waals surface area (Å²) in [4.78, 5) is 12.3. The van der Waals surface area contributed by atoms with Crippen molar-refractivity contribution in [2.24, 2.45) is 0 Å². The van der Waals surface area contributed by atoms with E-state index in [2.05, 4.69) is 34.2 Å². The highest BCUT2D eigenvalue weighted by atomic mass is 32.2. The van der Waals surface area contributed by atoms with E-state index in [0.717, 1.165) is 17.7 Å². The molecule has 0 aliphatic carbocycles. The van der Waals surface area contributed by atoms with Gasteiger partial charge in [0.1, 0.15) is 5.75 Å². The summed E-state index contributed by atoms with van der Waals surface area (Å²) in [7, 11) is 0. The molecule has 3 rings (SSSR count). The number of para-hydroxylation sites is 1. The van der Waals surface area contributed by atoms with Crippen molar-refractivity contribution in [1.29, 1.82) is 0 Å². The van der Waals surface area contributed by atoms with Gasteiger partial charge in [0, 0.05) is 13.1 Å². The lowest BCUT2D eigenvalue weighted by Crippen LogP contribution is -2.27. The minimum absolute atomic E-state index is 0.0275. The molecule has 6 nitrogen and oxygen atoms in total. The third-order valence-electron chi connectivity index (χ3n) is 4.37. The summed E-state index contributed by atoms with van der Waals surface area (Å²) >= 11 is 1.36. The van der Waals surface area contributed by atoms with Gasteiger partial charge in [-0.3, -0.25) is 9.36 Å². The van der Waals surface area contributed by atoms with Crippen molar-refractivity contribution in [2.75, 3.05) is 18.9 Å². The molecule has 0 radical (unpaired) electrons. The molecule has 0 bridgehead atoms. The largest absolute Gasteiger partial charge is 0.493 e. The Bertz CT molecular complexity index is 972. The normalized spacial score (nSPS) is 10.6. The lowest BCUT2D eigenvalue weighted by molar-refractivity contribution is -0.118. The van der Waals surface area contributed by atoms with E-state index < -0.39 is 0 Å². The average Bonchev–Trinajstić information content (AvgIpc) is 3.16. The Hall–Kier alpha value is -3.06. The fourth-order valence-electron chi connectivity index (χ4n) is 2.99. The van der Waals surface area contributed by atoms with Crippen molar-refractivity contribution in [2.45, 2.75) is 25.0 Å². The first kappa shape index (κ1) is 21.6. The second kappa shape index (κ2) is 11.2. The van der Waals surface area contributed by atoms with Crippen LogP contribution in [0.1, 0.15) is 12.5 Å². The highest BCUT2D eigenvalue weighted by molar-refractivity contribution is 7.99. The molecule has 0 aliphatic rings. The summed E-state index contributed by atoms with van der Waals surface area (Å²) in [6, 6.07) is 17.8. The minimum Gasteiger partial charge on any atom is -0.493 e. The summed E-state index contributed by atoms with van der Waals surface area (Å²) in [6.45, 7) is 7.50. The summed E-state index contributed by atoms with van der Waals surface area (Å²) in [5, 5.41) is 12.3. The molecule has 0 saturated carbocycles. The lowest BCUT2D eigenvalue weighted by atomic mass is 10.1. The molecule has 0 atom stereocenters. The topological polar surface area (TPSA) is 69.0 Å². The van der Waals surface area contributed by atoms with Gasteiger partial charge < -0.3 is 10.1 Å². The van der Waals surface area contributed by atoms with Gasteiger partial charge in [-0.25, -0.2) is 0 Å². The van der Waals surface area contributed by atoms with Crippen molar-refractivity contribution in [3.8, 4) is 17.1 Å². The van der Waals surface area contributed by atoms with Gasteiger partial charge in [-0.05, 0) is 31.0 Å². The first-order valence-electron chi connectivity index (χ1n) is 9.92. The lowest BCUT2D eigenvalue weighted by Gasteiger charge is -2.11. The summed E-state index contributed by atoms with van der Waals surface area (Å²) in [6.07, 6.45) is 2.60. The van der Waals surface area contributed by atoms with E-state index in [1.165, 1.54) is 17.3 Å². The molecule has 0 fully saturated rings. The zero-order valence-corrected chi connectivity index (χ0v) is 17.9. The highest BCUT2D eigenvalue weighted by Gasteiger charge is 2.17. The molecule has 1 amide bonds. The number of nitrogens with one attached hydrogen (secondary N) is 1. The van der Waals surface area contributed by atoms with Gasteiger partial charge in [-0.1, -0.05) is 60.3 Å². The Balaban J connectivity index is 1.64. The molecule has 156 valence electrons. The van der Waals surface area contributed by atoms with Crippen molar-refractivity contribution in [3.63, 3.8) is 0 Å². The van der Waals surface area contributed by atoms with Crippen molar-refractivity contribution in [3.05, 3.63) is 72.8 Å². The average molecular weight is 423 g/mol. The molecule has 1 heterocycles. The van der Waals surface area contributed by atoms with Crippen molar-refractivity contribution < 1.29 is 9.53 Å². The molecule has 0 saturated heterocycles. The fourth-order valence-corrected chi connectivity index (χ4v) is 3.77. The van der Waals surface area contributed by atoms with E-state index in [1.54, 1.807) is 6.08 Å². The van der Waals surface area contributed by atoms with Gasteiger partial charge in [0.15, 0.2) is 11.0 Å². The number of nitrogens with zero attached hydrogens (tertiary/aromatic N) is 3. The number of benzene rings is 2. The molecule has 0 spiro atoms. The van der Waals surface area contributed by atoms with Crippen LogP contribution in [-0.2, 0) is 17.8 Å². The highest BCUT2D eigenvalue weighted by Crippen LogP contribution is 2.31. The molecule has 1 aromatic heterocycles. The SMILES string of the molecule is C=CCn1c(SCC(=O)NCCc2ccccc2)nnc1-c1ccccc1OCC. The third-order valence-corrected chi connectivity index (χ3v) is 5.33. The van der Waals surface area contributed by atoms with Crippen LogP contribution >= 0.6 is 11.8 Å². The molecule has 0 unspecified atom stereocenters.